The van der Waals surface area contributed by atoms with E-state index < -0.39 is 0 Å². The zero-order valence-electron chi connectivity index (χ0n) is 9.64. The number of rotatable bonds is 5. The Morgan fingerprint density at radius 3 is 2.75 bits per heavy atom. The summed E-state index contributed by atoms with van der Waals surface area (Å²) in [6, 6.07) is 0.229. The molecule has 0 aliphatic carbocycles. The molecule has 0 saturated heterocycles. The predicted octanol–water partition coefficient (Wildman–Crippen LogP) is 1.33. The third-order valence-electron chi connectivity index (χ3n) is 2.32. The monoisotopic (exact) mass is 260 g/mol. The summed E-state index contributed by atoms with van der Waals surface area (Å²) in [5.74, 6) is 0.822. The van der Waals surface area contributed by atoms with Gasteiger partial charge in [-0.3, -0.25) is 4.79 Å². The molecule has 16 heavy (non-hydrogen) atoms. The highest BCUT2D eigenvalue weighted by Gasteiger charge is 2.22. The molecule has 1 atom stereocenters. The zero-order valence-corrected chi connectivity index (χ0v) is 11.3. The number of carbonyl (C=O) groups excluding carboxylic acids is 1. The summed E-state index contributed by atoms with van der Waals surface area (Å²) < 4.78 is 0. The van der Waals surface area contributed by atoms with Crippen molar-refractivity contribution in [3.63, 3.8) is 0 Å². The predicted molar refractivity (Wildman–Crippen MR) is 68.9 cm³/mol. The van der Waals surface area contributed by atoms with Crippen molar-refractivity contribution in [2.24, 2.45) is 0 Å². The van der Waals surface area contributed by atoms with Crippen LogP contribution in [0.5, 0.6) is 0 Å². The molecule has 1 aromatic rings. The Balaban J connectivity index is 2.72. The molecule has 1 rings (SSSR count). The Labute approximate surface area is 103 Å². The summed E-state index contributed by atoms with van der Waals surface area (Å²) >= 11 is 2.86. The molecule has 0 saturated carbocycles. The Morgan fingerprint density at radius 1 is 1.62 bits per heavy atom. The van der Waals surface area contributed by atoms with E-state index in [4.69, 9.17) is 5.73 Å². The van der Waals surface area contributed by atoms with E-state index in [9.17, 15) is 4.79 Å². The lowest BCUT2D eigenvalue weighted by Crippen LogP contribution is -2.38. The van der Waals surface area contributed by atoms with Crippen molar-refractivity contribution in [2.75, 3.05) is 24.8 Å². The molecule has 0 radical (unpaired) electrons. The third kappa shape index (κ3) is 3.08. The maximum absolute atomic E-state index is 12.0. The largest absolute Gasteiger partial charge is 0.374 e. The fourth-order valence-corrected chi connectivity index (χ4v) is 2.77. The van der Waals surface area contributed by atoms with Crippen LogP contribution in [0.25, 0.3) is 0 Å². The number of amides is 1. The first-order chi connectivity index (χ1) is 7.60. The molecule has 1 amide bonds. The molecule has 1 unspecified atom stereocenters. The number of hydrogen-bond acceptors (Lipinski definition) is 6. The Hall–Kier alpha value is -0.820. The van der Waals surface area contributed by atoms with Gasteiger partial charge in [-0.15, -0.1) is 10.2 Å². The van der Waals surface area contributed by atoms with Crippen LogP contribution in [0.2, 0.25) is 0 Å². The van der Waals surface area contributed by atoms with Crippen molar-refractivity contribution < 1.29 is 4.79 Å². The number of nitrogens with zero attached hydrogens (tertiary/aromatic N) is 3. The highest BCUT2D eigenvalue weighted by Crippen LogP contribution is 2.16. The second-order valence-corrected chi connectivity index (χ2v) is 5.30. The summed E-state index contributed by atoms with van der Waals surface area (Å²) in [6.07, 6.45) is 2.96. The zero-order chi connectivity index (χ0) is 12.1. The lowest BCUT2D eigenvalue weighted by atomic mass is 10.2. The van der Waals surface area contributed by atoms with E-state index in [1.165, 1.54) is 0 Å². The van der Waals surface area contributed by atoms with E-state index in [0.717, 1.165) is 23.5 Å². The molecule has 90 valence electrons. The molecule has 0 bridgehead atoms. The van der Waals surface area contributed by atoms with Crippen molar-refractivity contribution in [1.82, 2.24) is 15.1 Å². The number of anilines is 1. The summed E-state index contributed by atoms with van der Waals surface area (Å²) in [5, 5.41) is 8.09. The summed E-state index contributed by atoms with van der Waals surface area (Å²) in [7, 11) is 1.80. The lowest BCUT2D eigenvalue weighted by molar-refractivity contribution is 0.0742. The van der Waals surface area contributed by atoms with Crippen molar-refractivity contribution in [3.8, 4) is 0 Å². The summed E-state index contributed by atoms with van der Waals surface area (Å²) in [6.45, 7) is 2.07. The highest BCUT2D eigenvalue weighted by atomic mass is 32.2. The van der Waals surface area contributed by atoms with Gasteiger partial charge in [-0.1, -0.05) is 18.3 Å². The molecule has 0 aromatic carbocycles. The van der Waals surface area contributed by atoms with Crippen LogP contribution >= 0.6 is 23.1 Å². The van der Waals surface area contributed by atoms with Crippen molar-refractivity contribution in [3.05, 3.63) is 5.01 Å². The smallest absolute Gasteiger partial charge is 0.284 e. The quantitative estimate of drug-likeness (QED) is 0.865. The molecule has 0 fully saturated rings. The van der Waals surface area contributed by atoms with Crippen LogP contribution in [-0.2, 0) is 0 Å². The molecule has 0 aliphatic rings. The summed E-state index contributed by atoms with van der Waals surface area (Å²) in [5.41, 5.74) is 5.45. The van der Waals surface area contributed by atoms with E-state index in [1.807, 2.05) is 6.26 Å². The second kappa shape index (κ2) is 6.05. The van der Waals surface area contributed by atoms with Gasteiger partial charge in [-0.25, -0.2) is 0 Å². The molecule has 7 heteroatoms. The number of nitrogens with two attached hydrogens (primary N) is 1. The molecule has 1 aromatic heterocycles. The summed E-state index contributed by atoms with van der Waals surface area (Å²) in [4.78, 5) is 13.7. The number of nitrogen functional groups attached to an aromatic ring is 1. The van der Waals surface area contributed by atoms with E-state index in [0.29, 0.717) is 10.1 Å². The van der Waals surface area contributed by atoms with Crippen LogP contribution in [-0.4, -0.2) is 46.1 Å². The van der Waals surface area contributed by atoms with Gasteiger partial charge in [0.15, 0.2) is 0 Å². The molecule has 5 nitrogen and oxygen atoms in total. The second-order valence-electron chi connectivity index (χ2n) is 3.38. The van der Waals surface area contributed by atoms with Gasteiger partial charge in [0.25, 0.3) is 5.91 Å². The average molecular weight is 260 g/mol. The number of aromatic nitrogens is 2. The lowest BCUT2D eigenvalue weighted by Gasteiger charge is -2.25. The fraction of sp³-hybridized carbons (Fsp3) is 0.667. The topological polar surface area (TPSA) is 72.1 Å². The van der Waals surface area contributed by atoms with Crippen molar-refractivity contribution >= 4 is 34.1 Å². The normalized spacial score (nSPS) is 12.4. The number of thioether (sulfide) groups is 1. The fourth-order valence-electron chi connectivity index (χ4n) is 1.33. The van der Waals surface area contributed by atoms with E-state index in [2.05, 4.69) is 17.1 Å². The number of hydrogen-bond donors (Lipinski definition) is 1. The van der Waals surface area contributed by atoms with Gasteiger partial charge in [0, 0.05) is 18.8 Å². The minimum atomic E-state index is -0.102. The van der Waals surface area contributed by atoms with Gasteiger partial charge in [0.2, 0.25) is 10.1 Å². The Kier molecular flexibility index (Phi) is 5.01. The highest BCUT2D eigenvalue weighted by molar-refractivity contribution is 7.98. The van der Waals surface area contributed by atoms with Gasteiger partial charge in [0.1, 0.15) is 0 Å². The van der Waals surface area contributed by atoms with E-state index in [1.54, 1.807) is 23.7 Å². The molecule has 0 aliphatic heterocycles. The van der Waals surface area contributed by atoms with Gasteiger partial charge in [-0.05, 0) is 12.7 Å². The van der Waals surface area contributed by atoms with E-state index in [-0.39, 0.29) is 11.9 Å². The van der Waals surface area contributed by atoms with Crippen LogP contribution in [0.15, 0.2) is 0 Å². The standard InChI is InChI=1S/C9H16N4OS2/c1-4-6(5-15-3)13(2)8(14)7-11-12-9(10)16-7/h6H,4-5H2,1-3H3,(H2,10,12). The average Bonchev–Trinajstić information content (AvgIpc) is 2.70. The SMILES string of the molecule is CCC(CSC)N(C)C(=O)c1nnc(N)s1. The third-order valence-corrected chi connectivity index (χ3v) is 3.78. The first kappa shape index (κ1) is 13.2. The molecule has 0 spiro atoms. The first-order valence-electron chi connectivity index (χ1n) is 4.95. The first-order valence-corrected chi connectivity index (χ1v) is 7.16. The van der Waals surface area contributed by atoms with Crippen LogP contribution in [0, 0.1) is 0 Å². The maximum atomic E-state index is 12.0. The van der Waals surface area contributed by atoms with Crippen LogP contribution in [0.3, 0.4) is 0 Å². The van der Waals surface area contributed by atoms with Crippen LogP contribution in [0.1, 0.15) is 23.1 Å². The number of carbonyl (C=O) groups is 1. The maximum Gasteiger partial charge on any atom is 0.284 e. The van der Waals surface area contributed by atoms with Crippen molar-refractivity contribution in [1.29, 1.82) is 0 Å². The van der Waals surface area contributed by atoms with Gasteiger partial charge < -0.3 is 10.6 Å². The Morgan fingerprint density at radius 2 is 2.31 bits per heavy atom. The van der Waals surface area contributed by atoms with Gasteiger partial charge in [0.05, 0.1) is 0 Å². The van der Waals surface area contributed by atoms with Crippen LogP contribution in [0.4, 0.5) is 5.13 Å². The van der Waals surface area contributed by atoms with Gasteiger partial charge >= 0.3 is 0 Å². The molecule has 1 heterocycles. The van der Waals surface area contributed by atoms with Crippen molar-refractivity contribution in [2.45, 2.75) is 19.4 Å². The minimum absolute atomic E-state index is 0.102. The minimum Gasteiger partial charge on any atom is -0.374 e. The van der Waals surface area contributed by atoms with Gasteiger partial charge in [-0.2, -0.15) is 11.8 Å². The molecular weight excluding hydrogens is 244 g/mol. The Bertz CT molecular complexity index is 355. The van der Waals surface area contributed by atoms with Crippen LogP contribution < -0.4 is 5.73 Å². The van der Waals surface area contributed by atoms with E-state index >= 15 is 0 Å². The molecule has 2 N–H and O–H groups in total. The molecular formula is C9H16N4OS2.